The van der Waals surface area contributed by atoms with Gasteiger partial charge >= 0.3 is 0 Å². The number of benzene rings is 1. The predicted octanol–water partition coefficient (Wildman–Crippen LogP) is 2.20. The Labute approximate surface area is 107 Å². The molecule has 0 amide bonds. The fourth-order valence-electron chi connectivity index (χ4n) is 1.62. The van der Waals surface area contributed by atoms with Crippen molar-refractivity contribution in [3.63, 3.8) is 0 Å². The molecule has 5 nitrogen and oxygen atoms in total. The van der Waals surface area contributed by atoms with E-state index in [0.29, 0.717) is 5.01 Å². The second-order valence-electron chi connectivity index (χ2n) is 3.55. The van der Waals surface area contributed by atoms with Crippen LogP contribution in [0.2, 0.25) is 0 Å². The topological polar surface area (TPSA) is 60.7 Å². The van der Waals surface area contributed by atoms with E-state index in [9.17, 15) is 4.79 Å². The van der Waals surface area contributed by atoms with Crippen LogP contribution in [0.25, 0.3) is 16.3 Å². The second-order valence-corrected chi connectivity index (χ2v) is 4.61. The van der Waals surface area contributed by atoms with E-state index in [4.69, 9.17) is 0 Å². The number of rotatable bonds is 3. The van der Waals surface area contributed by atoms with Gasteiger partial charge < -0.3 is 0 Å². The first kappa shape index (κ1) is 10.8. The van der Waals surface area contributed by atoms with Crippen molar-refractivity contribution in [2.24, 2.45) is 0 Å². The lowest BCUT2D eigenvalue weighted by Gasteiger charge is -2.03. The molecule has 3 rings (SSSR count). The van der Waals surface area contributed by atoms with Crippen molar-refractivity contribution < 1.29 is 4.79 Å². The highest BCUT2D eigenvalue weighted by atomic mass is 32.1. The summed E-state index contributed by atoms with van der Waals surface area (Å²) in [7, 11) is 0. The molecule has 0 saturated carbocycles. The molecule has 3 aromatic rings. The van der Waals surface area contributed by atoms with E-state index in [2.05, 4.69) is 15.3 Å². The van der Waals surface area contributed by atoms with Gasteiger partial charge in [0, 0.05) is 6.20 Å². The van der Waals surface area contributed by atoms with Crippen LogP contribution in [0.5, 0.6) is 0 Å². The quantitative estimate of drug-likeness (QED) is 0.674. The van der Waals surface area contributed by atoms with Crippen molar-refractivity contribution in [3.8, 4) is 16.3 Å². The van der Waals surface area contributed by atoms with Gasteiger partial charge in [-0.15, -0.1) is 16.4 Å². The number of nitrogens with zero attached hydrogens (tertiary/aromatic N) is 4. The van der Waals surface area contributed by atoms with Gasteiger partial charge in [-0.25, -0.2) is 9.67 Å². The summed E-state index contributed by atoms with van der Waals surface area (Å²) >= 11 is 1.32. The first-order valence-corrected chi connectivity index (χ1v) is 6.07. The Bertz CT molecular complexity index is 674. The van der Waals surface area contributed by atoms with Crippen LogP contribution in [-0.2, 0) is 0 Å². The Morgan fingerprint density at radius 1 is 1.17 bits per heavy atom. The normalized spacial score (nSPS) is 10.4. The van der Waals surface area contributed by atoms with E-state index in [1.165, 1.54) is 11.3 Å². The molecule has 0 fully saturated rings. The monoisotopic (exact) mass is 256 g/mol. The minimum absolute atomic E-state index is 0.450. The van der Waals surface area contributed by atoms with Crippen molar-refractivity contribution in [3.05, 3.63) is 47.7 Å². The molecule has 2 aromatic heterocycles. The van der Waals surface area contributed by atoms with Crippen LogP contribution in [0.3, 0.4) is 0 Å². The van der Waals surface area contributed by atoms with Crippen LogP contribution in [0, 0.1) is 0 Å². The maximum absolute atomic E-state index is 10.7. The number of hydrogen-bond donors (Lipinski definition) is 0. The number of carbonyl (C=O) groups is 1. The van der Waals surface area contributed by atoms with Gasteiger partial charge in [-0.1, -0.05) is 23.4 Å². The smallest absolute Gasteiger partial charge is 0.178 e. The molecule has 0 N–H and O–H groups in total. The van der Waals surface area contributed by atoms with Crippen LogP contribution in [0.4, 0.5) is 0 Å². The summed E-state index contributed by atoms with van der Waals surface area (Å²) in [6.45, 7) is 0. The number of para-hydroxylation sites is 1. The van der Waals surface area contributed by atoms with Gasteiger partial charge in [0.25, 0.3) is 0 Å². The van der Waals surface area contributed by atoms with Gasteiger partial charge in [0.1, 0.15) is 5.69 Å². The van der Waals surface area contributed by atoms with E-state index >= 15 is 0 Å². The van der Waals surface area contributed by atoms with Crippen LogP contribution in [0.1, 0.15) is 9.80 Å². The molecular formula is C12H8N4OS. The molecule has 18 heavy (non-hydrogen) atoms. The predicted molar refractivity (Wildman–Crippen MR) is 67.9 cm³/mol. The number of thiazole rings is 1. The fraction of sp³-hybridized carbons (Fsp3) is 0. The zero-order valence-corrected chi connectivity index (χ0v) is 10.0. The molecule has 0 aliphatic carbocycles. The molecule has 0 spiro atoms. The van der Waals surface area contributed by atoms with Crippen molar-refractivity contribution >= 4 is 17.6 Å². The Balaban J connectivity index is 2.09. The second kappa shape index (κ2) is 4.50. The lowest BCUT2D eigenvalue weighted by atomic mass is 10.3. The number of hydrogen-bond acceptors (Lipinski definition) is 5. The third-order valence-electron chi connectivity index (χ3n) is 2.43. The summed E-state index contributed by atoms with van der Waals surface area (Å²) in [5, 5.41) is 8.42. The van der Waals surface area contributed by atoms with Crippen LogP contribution in [-0.4, -0.2) is 26.3 Å². The lowest BCUT2D eigenvalue weighted by Crippen LogP contribution is -1.97. The molecule has 0 aliphatic rings. The lowest BCUT2D eigenvalue weighted by molar-refractivity contribution is 0.112. The average molecular weight is 256 g/mol. The SMILES string of the molecule is O=Cc1ncc(-c2cnnn2-c2ccccc2)s1. The summed E-state index contributed by atoms with van der Waals surface area (Å²) < 4.78 is 1.72. The summed E-state index contributed by atoms with van der Waals surface area (Å²) in [6, 6.07) is 9.70. The van der Waals surface area contributed by atoms with Crippen LogP contribution < -0.4 is 0 Å². The van der Waals surface area contributed by atoms with Gasteiger partial charge in [-0.05, 0) is 12.1 Å². The zero-order chi connectivity index (χ0) is 12.4. The Kier molecular flexibility index (Phi) is 2.70. The van der Waals surface area contributed by atoms with Crippen LogP contribution in [0.15, 0.2) is 42.7 Å². The highest BCUT2D eigenvalue weighted by Crippen LogP contribution is 2.26. The van der Waals surface area contributed by atoms with Crippen molar-refractivity contribution in [2.75, 3.05) is 0 Å². The third-order valence-corrected chi connectivity index (χ3v) is 3.37. The van der Waals surface area contributed by atoms with E-state index < -0.39 is 0 Å². The van der Waals surface area contributed by atoms with Crippen LogP contribution >= 0.6 is 11.3 Å². The number of aromatic nitrogens is 4. The molecule has 0 atom stereocenters. The zero-order valence-electron chi connectivity index (χ0n) is 9.22. The standard InChI is InChI=1S/C12H8N4OS/c17-8-12-13-7-11(18-12)10-6-14-15-16(10)9-4-2-1-3-5-9/h1-8H. The molecule has 1 aromatic carbocycles. The van der Waals surface area contributed by atoms with Crippen molar-refractivity contribution in [2.45, 2.75) is 0 Å². The fourth-order valence-corrected chi connectivity index (χ4v) is 2.35. The van der Waals surface area contributed by atoms with Gasteiger partial charge in [-0.2, -0.15) is 0 Å². The van der Waals surface area contributed by atoms with E-state index in [0.717, 1.165) is 22.5 Å². The van der Waals surface area contributed by atoms with Gasteiger partial charge in [0.2, 0.25) is 0 Å². The highest BCUT2D eigenvalue weighted by Gasteiger charge is 2.11. The maximum atomic E-state index is 10.7. The average Bonchev–Trinajstić information content (AvgIpc) is 3.08. The molecule has 0 bridgehead atoms. The van der Waals surface area contributed by atoms with Gasteiger partial charge in [0.15, 0.2) is 11.3 Å². The Hall–Kier alpha value is -2.34. The summed E-state index contributed by atoms with van der Waals surface area (Å²) in [4.78, 5) is 15.5. The number of carbonyl (C=O) groups excluding carboxylic acids is 1. The highest BCUT2D eigenvalue weighted by molar-refractivity contribution is 7.16. The molecule has 0 radical (unpaired) electrons. The largest absolute Gasteiger partial charge is 0.295 e. The van der Waals surface area contributed by atoms with E-state index in [1.54, 1.807) is 17.1 Å². The van der Waals surface area contributed by atoms with E-state index in [-0.39, 0.29) is 0 Å². The summed E-state index contributed by atoms with van der Waals surface area (Å²) in [6.07, 6.45) is 4.06. The summed E-state index contributed by atoms with van der Waals surface area (Å²) in [5.41, 5.74) is 1.75. The minimum atomic E-state index is 0.450. The minimum Gasteiger partial charge on any atom is -0.295 e. The molecule has 0 saturated heterocycles. The molecule has 6 heteroatoms. The molecule has 2 heterocycles. The Morgan fingerprint density at radius 3 is 2.72 bits per heavy atom. The molecule has 0 aliphatic heterocycles. The Morgan fingerprint density at radius 2 is 2.00 bits per heavy atom. The molecular weight excluding hydrogens is 248 g/mol. The molecule has 0 unspecified atom stereocenters. The van der Waals surface area contributed by atoms with Crippen molar-refractivity contribution in [1.82, 2.24) is 20.0 Å². The third kappa shape index (κ3) is 1.82. The number of aldehydes is 1. The van der Waals surface area contributed by atoms with Crippen molar-refractivity contribution in [1.29, 1.82) is 0 Å². The summed E-state index contributed by atoms with van der Waals surface area (Å²) in [5.74, 6) is 0. The maximum Gasteiger partial charge on any atom is 0.178 e. The molecule has 88 valence electrons. The van der Waals surface area contributed by atoms with Gasteiger partial charge in [0.05, 0.1) is 16.8 Å². The first-order valence-electron chi connectivity index (χ1n) is 5.26. The van der Waals surface area contributed by atoms with Gasteiger partial charge in [-0.3, -0.25) is 4.79 Å². The van der Waals surface area contributed by atoms with E-state index in [1.807, 2.05) is 30.3 Å². The first-order chi connectivity index (χ1) is 8.88.